The highest BCUT2D eigenvalue weighted by Gasteiger charge is 2.06. The third-order valence-electron chi connectivity index (χ3n) is 4.75. The molecule has 0 fully saturated rings. The van der Waals surface area contributed by atoms with E-state index in [4.69, 9.17) is 9.47 Å². The zero-order chi connectivity index (χ0) is 23.1. The van der Waals surface area contributed by atoms with Crippen LogP contribution in [0.2, 0.25) is 0 Å². The van der Waals surface area contributed by atoms with Crippen LogP contribution >= 0.6 is 0 Å². The summed E-state index contributed by atoms with van der Waals surface area (Å²) in [7, 11) is 0. The molecule has 0 aliphatic rings. The topological polar surface area (TPSA) is 55.8 Å². The molecule has 0 radical (unpaired) electrons. The van der Waals surface area contributed by atoms with Gasteiger partial charge >= 0.3 is 11.9 Å². The van der Waals surface area contributed by atoms with Crippen LogP contribution < -0.4 is 4.90 Å². The van der Waals surface area contributed by atoms with Crippen molar-refractivity contribution in [3.63, 3.8) is 0 Å². The van der Waals surface area contributed by atoms with Gasteiger partial charge in [0.15, 0.2) is 0 Å². The van der Waals surface area contributed by atoms with Crippen LogP contribution in [0.15, 0.2) is 115 Å². The van der Waals surface area contributed by atoms with E-state index in [9.17, 15) is 9.59 Å². The average Bonchev–Trinajstić information content (AvgIpc) is 2.88. The number of carbonyl (C=O) groups excluding carboxylic acids is 2. The first-order valence-corrected chi connectivity index (χ1v) is 10.8. The molecule has 0 spiro atoms. The Kier molecular flexibility index (Phi) is 9.51. The molecule has 0 N–H and O–H groups in total. The van der Waals surface area contributed by atoms with Crippen LogP contribution in [-0.4, -0.2) is 38.2 Å². The molecule has 3 aromatic rings. The maximum Gasteiger partial charge on any atom is 0.338 e. The van der Waals surface area contributed by atoms with Gasteiger partial charge in [-0.3, -0.25) is 0 Å². The van der Waals surface area contributed by atoms with Crippen molar-refractivity contribution < 1.29 is 19.1 Å². The first kappa shape index (κ1) is 23.5. The zero-order valence-electron chi connectivity index (χ0n) is 18.4. The number of benzene rings is 3. The maximum absolute atomic E-state index is 12.0. The molecule has 33 heavy (non-hydrogen) atoms. The Balaban J connectivity index is 1.46. The highest BCUT2D eigenvalue weighted by molar-refractivity contribution is 5.89. The van der Waals surface area contributed by atoms with E-state index in [2.05, 4.69) is 4.90 Å². The van der Waals surface area contributed by atoms with Crippen LogP contribution in [-0.2, 0) is 9.47 Å². The second kappa shape index (κ2) is 13.3. The number of esters is 2. The Labute approximate surface area is 194 Å². The molecule has 0 heterocycles. The fraction of sp³-hybridized carbons (Fsp3) is 0.143. The highest BCUT2D eigenvalue weighted by atomic mass is 16.5. The molecule has 0 amide bonds. The molecular weight excluding hydrogens is 414 g/mol. The van der Waals surface area contributed by atoms with E-state index >= 15 is 0 Å². The summed E-state index contributed by atoms with van der Waals surface area (Å²) in [6.07, 6.45) is 7.60. The third kappa shape index (κ3) is 8.15. The SMILES string of the molecule is O=C(OC/C=C\CN(C/C=C\COC(=O)c1ccccc1)c1ccccc1)c1ccccc1. The van der Waals surface area contributed by atoms with Gasteiger partial charge < -0.3 is 14.4 Å². The summed E-state index contributed by atoms with van der Waals surface area (Å²) in [5.41, 5.74) is 2.14. The molecule has 5 heteroatoms. The number of carbonyl (C=O) groups is 2. The number of para-hydroxylation sites is 1. The second-order valence-electron chi connectivity index (χ2n) is 7.11. The molecule has 0 bridgehead atoms. The predicted octanol–water partition coefficient (Wildman–Crippen LogP) is 5.32. The lowest BCUT2D eigenvalue weighted by atomic mass is 10.2. The van der Waals surface area contributed by atoms with Crippen LogP contribution in [0.25, 0.3) is 0 Å². The monoisotopic (exact) mass is 441 g/mol. The van der Waals surface area contributed by atoms with Gasteiger partial charge in [-0.1, -0.05) is 66.7 Å². The van der Waals surface area contributed by atoms with Crippen LogP contribution in [0.5, 0.6) is 0 Å². The van der Waals surface area contributed by atoms with Crippen LogP contribution in [0.3, 0.4) is 0 Å². The summed E-state index contributed by atoms with van der Waals surface area (Å²) < 4.78 is 10.6. The molecule has 0 saturated heterocycles. The molecule has 0 unspecified atom stereocenters. The lowest BCUT2D eigenvalue weighted by molar-refractivity contribution is 0.0540. The van der Waals surface area contributed by atoms with Crippen molar-refractivity contribution in [2.75, 3.05) is 31.2 Å². The fourth-order valence-electron chi connectivity index (χ4n) is 3.03. The Morgan fingerprint density at radius 3 is 1.39 bits per heavy atom. The van der Waals surface area contributed by atoms with E-state index in [1.807, 2.05) is 66.8 Å². The molecule has 0 atom stereocenters. The molecule has 0 saturated carbocycles. The van der Waals surface area contributed by atoms with Gasteiger partial charge in [-0.05, 0) is 48.6 Å². The van der Waals surface area contributed by atoms with E-state index in [0.717, 1.165) is 5.69 Å². The fourth-order valence-corrected chi connectivity index (χ4v) is 3.03. The third-order valence-corrected chi connectivity index (χ3v) is 4.75. The minimum absolute atomic E-state index is 0.210. The molecule has 5 nitrogen and oxygen atoms in total. The van der Waals surface area contributed by atoms with Crippen molar-refractivity contribution >= 4 is 17.6 Å². The van der Waals surface area contributed by atoms with Gasteiger partial charge in [-0.15, -0.1) is 0 Å². The summed E-state index contributed by atoms with van der Waals surface area (Å²) in [6.45, 7) is 1.70. The minimum atomic E-state index is -0.340. The van der Waals surface area contributed by atoms with E-state index in [1.165, 1.54) is 0 Å². The minimum Gasteiger partial charge on any atom is -0.458 e. The van der Waals surface area contributed by atoms with Gasteiger partial charge in [0.05, 0.1) is 11.1 Å². The summed E-state index contributed by atoms with van der Waals surface area (Å²) in [6, 6.07) is 27.9. The highest BCUT2D eigenvalue weighted by Crippen LogP contribution is 2.13. The smallest absolute Gasteiger partial charge is 0.338 e. The van der Waals surface area contributed by atoms with Gasteiger partial charge in [-0.2, -0.15) is 0 Å². The van der Waals surface area contributed by atoms with Gasteiger partial charge in [0, 0.05) is 18.8 Å². The average molecular weight is 442 g/mol. The van der Waals surface area contributed by atoms with E-state index in [-0.39, 0.29) is 25.2 Å². The number of nitrogens with zero attached hydrogens (tertiary/aromatic N) is 1. The predicted molar refractivity (Wildman–Crippen MR) is 130 cm³/mol. The number of rotatable bonds is 11. The first-order chi connectivity index (χ1) is 16.2. The van der Waals surface area contributed by atoms with E-state index < -0.39 is 0 Å². The quantitative estimate of drug-likeness (QED) is 0.298. The van der Waals surface area contributed by atoms with Crippen molar-refractivity contribution in [3.8, 4) is 0 Å². The van der Waals surface area contributed by atoms with Gasteiger partial charge in [0.25, 0.3) is 0 Å². The van der Waals surface area contributed by atoms with Crippen molar-refractivity contribution in [1.29, 1.82) is 0 Å². The Bertz CT molecular complexity index is 980. The van der Waals surface area contributed by atoms with Gasteiger partial charge in [0.2, 0.25) is 0 Å². The molecule has 0 aromatic heterocycles. The molecule has 3 rings (SSSR count). The molecule has 168 valence electrons. The van der Waals surface area contributed by atoms with Gasteiger partial charge in [-0.25, -0.2) is 9.59 Å². The van der Waals surface area contributed by atoms with Gasteiger partial charge in [0.1, 0.15) is 13.2 Å². The van der Waals surface area contributed by atoms with Crippen LogP contribution in [0.4, 0.5) is 5.69 Å². The van der Waals surface area contributed by atoms with Crippen molar-refractivity contribution in [3.05, 3.63) is 126 Å². The Morgan fingerprint density at radius 2 is 0.970 bits per heavy atom. The van der Waals surface area contributed by atoms with Crippen LogP contribution in [0, 0.1) is 0 Å². The number of ether oxygens (including phenoxy) is 2. The summed E-state index contributed by atoms with van der Waals surface area (Å²) in [5.74, 6) is -0.679. The lowest BCUT2D eigenvalue weighted by Crippen LogP contribution is -2.23. The molecule has 0 aliphatic heterocycles. The maximum atomic E-state index is 12.0. The molecule has 3 aromatic carbocycles. The largest absolute Gasteiger partial charge is 0.458 e. The Morgan fingerprint density at radius 1 is 0.576 bits per heavy atom. The van der Waals surface area contributed by atoms with E-state index in [0.29, 0.717) is 24.2 Å². The van der Waals surface area contributed by atoms with Crippen molar-refractivity contribution in [1.82, 2.24) is 0 Å². The summed E-state index contributed by atoms with van der Waals surface area (Å²) >= 11 is 0. The molecule has 0 aliphatic carbocycles. The number of anilines is 1. The van der Waals surface area contributed by atoms with Crippen LogP contribution in [0.1, 0.15) is 20.7 Å². The first-order valence-electron chi connectivity index (χ1n) is 10.8. The lowest BCUT2D eigenvalue weighted by Gasteiger charge is -2.21. The summed E-state index contributed by atoms with van der Waals surface area (Å²) in [4.78, 5) is 26.1. The molecular formula is C28H27NO4. The van der Waals surface area contributed by atoms with E-state index in [1.54, 1.807) is 48.5 Å². The van der Waals surface area contributed by atoms with Crippen molar-refractivity contribution in [2.45, 2.75) is 0 Å². The zero-order valence-corrected chi connectivity index (χ0v) is 18.4. The summed E-state index contributed by atoms with van der Waals surface area (Å²) in [5, 5.41) is 0. The normalized spacial score (nSPS) is 10.9. The number of hydrogen-bond acceptors (Lipinski definition) is 5. The standard InChI is InChI=1S/C28H27NO4/c30-27(24-14-4-1-5-15-24)32-22-12-10-20-29(26-18-8-3-9-19-26)21-11-13-23-33-28(31)25-16-6-2-7-17-25/h1-19H,20-23H2/b12-10-,13-11-. The Hall–Kier alpha value is -4.12. The second-order valence-corrected chi connectivity index (χ2v) is 7.11. The number of hydrogen-bond donors (Lipinski definition) is 0. The van der Waals surface area contributed by atoms with Crippen molar-refractivity contribution in [2.24, 2.45) is 0 Å².